The fourth-order valence-electron chi connectivity index (χ4n) is 3.60. The summed E-state index contributed by atoms with van der Waals surface area (Å²) in [6, 6.07) is 17.2. The molecule has 3 N–H and O–H groups in total. The molecule has 3 aromatic rings. The van der Waals surface area contributed by atoms with Crippen LogP contribution in [0.15, 0.2) is 65.6 Å². The molecule has 7 nitrogen and oxygen atoms in total. The Morgan fingerprint density at radius 3 is 2.45 bits per heavy atom. The van der Waals surface area contributed by atoms with Gasteiger partial charge in [-0.05, 0) is 36.1 Å². The van der Waals surface area contributed by atoms with Gasteiger partial charge in [-0.15, -0.1) is 0 Å². The van der Waals surface area contributed by atoms with Gasteiger partial charge in [0.2, 0.25) is 5.91 Å². The van der Waals surface area contributed by atoms with Crippen LogP contribution in [0, 0.1) is 0 Å². The van der Waals surface area contributed by atoms with E-state index in [1.54, 1.807) is 36.4 Å². The SMILES string of the molecule is NC(=O)c1ccccc1NC(=O)CCCN1c2cccc3cccc(c23)S1(=O)=O. The number of anilines is 2. The second-order valence-corrected chi connectivity index (χ2v) is 8.60. The van der Waals surface area contributed by atoms with Crippen molar-refractivity contribution in [1.82, 2.24) is 0 Å². The number of nitrogens with one attached hydrogen (secondary N) is 1. The molecule has 4 rings (SSSR count). The average Bonchev–Trinajstić information content (AvgIpc) is 2.91. The number of hydrogen-bond donors (Lipinski definition) is 2. The van der Waals surface area contributed by atoms with Crippen LogP contribution in [-0.4, -0.2) is 26.8 Å². The van der Waals surface area contributed by atoms with Crippen molar-refractivity contribution in [2.24, 2.45) is 5.73 Å². The van der Waals surface area contributed by atoms with E-state index in [0.717, 1.165) is 10.8 Å². The fourth-order valence-corrected chi connectivity index (χ4v) is 5.35. The maximum atomic E-state index is 12.9. The summed E-state index contributed by atoms with van der Waals surface area (Å²) in [7, 11) is -3.63. The quantitative estimate of drug-likeness (QED) is 0.652. The van der Waals surface area contributed by atoms with Gasteiger partial charge in [0.15, 0.2) is 0 Å². The molecule has 2 amide bonds. The highest BCUT2D eigenvalue weighted by Crippen LogP contribution is 2.41. The van der Waals surface area contributed by atoms with E-state index in [0.29, 0.717) is 22.7 Å². The molecule has 1 aliphatic rings. The van der Waals surface area contributed by atoms with Crippen LogP contribution >= 0.6 is 0 Å². The van der Waals surface area contributed by atoms with E-state index in [1.165, 1.54) is 10.4 Å². The molecule has 3 aromatic carbocycles. The fraction of sp³-hybridized carbons (Fsp3) is 0.143. The average molecular weight is 409 g/mol. The van der Waals surface area contributed by atoms with E-state index < -0.39 is 15.9 Å². The van der Waals surface area contributed by atoms with Crippen LogP contribution in [0.4, 0.5) is 11.4 Å². The summed E-state index contributed by atoms with van der Waals surface area (Å²) in [5, 5.41) is 4.25. The zero-order valence-corrected chi connectivity index (χ0v) is 16.3. The number of carbonyl (C=O) groups is 2. The van der Waals surface area contributed by atoms with Crippen molar-refractivity contribution in [3.05, 3.63) is 66.2 Å². The number of para-hydroxylation sites is 1. The molecular weight excluding hydrogens is 390 g/mol. The summed E-state index contributed by atoms with van der Waals surface area (Å²) < 4.78 is 27.2. The Labute approximate surface area is 168 Å². The minimum absolute atomic E-state index is 0.103. The summed E-state index contributed by atoms with van der Waals surface area (Å²) >= 11 is 0. The summed E-state index contributed by atoms with van der Waals surface area (Å²) in [6.45, 7) is 0.182. The van der Waals surface area contributed by atoms with Gasteiger partial charge in [-0.2, -0.15) is 0 Å². The summed E-state index contributed by atoms with van der Waals surface area (Å²) in [6.07, 6.45) is 0.430. The van der Waals surface area contributed by atoms with Crippen LogP contribution in [0.2, 0.25) is 0 Å². The number of nitrogens with zero attached hydrogens (tertiary/aromatic N) is 1. The Bertz CT molecular complexity index is 1230. The molecule has 0 saturated heterocycles. The lowest BCUT2D eigenvalue weighted by molar-refractivity contribution is -0.116. The molecule has 29 heavy (non-hydrogen) atoms. The molecule has 0 aromatic heterocycles. The maximum Gasteiger partial charge on any atom is 0.265 e. The number of hydrogen-bond acceptors (Lipinski definition) is 4. The van der Waals surface area contributed by atoms with E-state index >= 15 is 0 Å². The zero-order chi connectivity index (χ0) is 20.6. The first kappa shape index (κ1) is 18.9. The van der Waals surface area contributed by atoms with Crippen LogP contribution in [0.25, 0.3) is 10.8 Å². The number of nitrogens with two attached hydrogens (primary N) is 1. The summed E-state index contributed by atoms with van der Waals surface area (Å²) in [4.78, 5) is 24.1. The Balaban J connectivity index is 1.46. The van der Waals surface area contributed by atoms with Crippen molar-refractivity contribution in [1.29, 1.82) is 0 Å². The lowest BCUT2D eigenvalue weighted by atomic mass is 10.1. The van der Waals surface area contributed by atoms with Crippen molar-refractivity contribution in [3.63, 3.8) is 0 Å². The summed E-state index contributed by atoms with van der Waals surface area (Å²) in [5.74, 6) is -0.944. The minimum Gasteiger partial charge on any atom is -0.366 e. The van der Waals surface area contributed by atoms with Crippen molar-refractivity contribution < 1.29 is 18.0 Å². The first-order valence-corrected chi connectivity index (χ1v) is 10.6. The molecule has 8 heteroatoms. The zero-order valence-electron chi connectivity index (χ0n) is 15.5. The van der Waals surface area contributed by atoms with Gasteiger partial charge in [-0.3, -0.25) is 13.9 Å². The Kier molecular flexibility index (Phi) is 4.71. The predicted octanol–water partition coefficient (Wildman–Crippen LogP) is 2.87. The van der Waals surface area contributed by atoms with Gasteiger partial charge in [0.1, 0.15) is 0 Å². The Morgan fingerprint density at radius 1 is 0.966 bits per heavy atom. The first-order chi connectivity index (χ1) is 13.9. The van der Waals surface area contributed by atoms with Gasteiger partial charge in [0.25, 0.3) is 15.9 Å². The van der Waals surface area contributed by atoms with Crippen LogP contribution in [-0.2, 0) is 14.8 Å². The molecule has 0 aliphatic carbocycles. The van der Waals surface area contributed by atoms with Gasteiger partial charge >= 0.3 is 0 Å². The van der Waals surface area contributed by atoms with E-state index in [-0.39, 0.29) is 24.4 Å². The summed E-state index contributed by atoms with van der Waals surface area (Å²) in [5.41, 5.74) is 6.52. The van der Waals surface area contributed by atoms with Crippen LogP contribution in [0.1, 0.15) is 23.2 Å². The highest BCUT2D eigenvalue weighted by atomic mass is 32.2. The number of sulfonamides is 1. The van der Waals surface area contributed by atoms with Crippen molar-refractivity contribution in [2.45, 2.75) is 17.7 Å². The molecule has 0 saturated carbocycles. The Hall–Kier alpha value is -3.39. The van der Waals surface area contributed by atoms with E-state index in [4.69, 9.17) is 5.73 Å². The monoisotopic (exact) mass is 409 g/mol. The standard InChI is InChI=1S/C21H19N3O4S/c22-21(26)15-8-1-2-9-16(15)23-19(25)12-5-13-24-17-10-3-6-14-7-4-11-18(20(14)17)29(24,27)28/h1-4,6-11H,5,12-13H2,(H2,22,26)(H,23,25). The second-order valence-electron chi connectivity index (χ2n) is 6.77. The minimum atomic E-state index is -3.63. The molecule has 1 aliphatic heterocycles. The number of primary amides is 1. The predicted molar refractivity (Wildman–Crippen MR) is 111 cm³/mol. The smallest absolute Gasteiger partial charge is 0.265 e. The molecule has 0 spiro atoms. The number of amides is 2. The van der Waals surface area contributed by atoms with Gasteiger partial charge in [0, 0.05) is 18.4 Å². The van der Waals surface area contributed by atoms with Crippen molar-refractivity contribution in [3.8, 4) is 0 Å². The first-order valence-electron chi connectivity index (χ1n) is 9.13. The van der Waals surface area contributed by atoms with E-state index in [2.05, 4.69) is 5.32 Å². The lowest BCUT2D eigenvalue weighted by Gasteiger charge is -2.18. The molecule has 0 bridgehead atoms. The largest absolute Gasteiger partial charge is 0.366 e. The van der Waals surface area contributed by atoms with Crippen molar-refractivity contribution in [2.75, 3.05) is 16.2 Å². The normalized spacial score (nSPS) is 14.1. The molecular formula is C21H19N3O4S. The molecule has 148 valence electrons. The molecule has 0 atom stereocenters. The third-order valence-electron chi connectivity index (χ3n) is 4.91. The van der Waals surface area contributed by atoms with Gasteiger partial charge in [-0.1, -0.05) is 36.4 Å². The highest BCUT2D eigenvalue weighted by molar-refractivity contribution is 7.93. The third-order valence-corrected chi connectivity index (χ3v) is 6.77. The van der Waals surface area contributed by atoms with Gasteiger partial charge in [0.05, 0.1) is 21.8 Å². The molecule has 0 radical (unpaired) electrons. The number of carbonyl (C=O) groups excluding carboxylic acids is 2. The third kappa shape index (κ3) is 3.31. The van der Waals surface area contributed by atoms with Crippen LogP contribution < -0.4 is 15.4 Å². The number of rotatable bonds is 6. The highest BCUT2D eigenvalue weighted by Gasteiger charge is 2.35. The topological polar surface area (TPSA) is 110 Å². The maximum absolute atomic E-state index is 12.9. The van der Waals surface area contributed by atoms with Gasteiger partial charge in [-0.25, -0.2) is 8.42 Å². The molecule has 1 heterocycles. The van der Waals surface area contributed by atoms with E-state index in [9.17, 15) is 18.0 Å². The number of benzene rings is 3. The molecule has 0 unspecified atom stereocenters. The Morgan fingerprint density at radius 2 is 1.69 bits per heavy atom. The lowest BCUT2D eigenvalue weighted by Crippen LogP contribution is -2.29. The van der Waals surface area contributed by atoms with E-state index in [1.807, 2.05) is 18.2 Å². The van der Waals surface area contributed by atoms with Crippen molar-refractivity contribution >= 4 is 44.0 Å². The van der Waals surface area contributed by atoms with Crippen LogP contribution in [0.5, 0.6) is 0 Å². The van der Waals surface area contributed by atoms with Crippen LogP contribution in [0.3, 0.4) is 0 Å². The van der Waals surface area contributed by atoms with Gasteiger partial charge < -0.3 is 11.1 Å². The molecule has 0 fully saturated rings. The second kappa shape index (κ2) is 7.21.